The number of aryl methyl sites for hydroxylation is 1. The van der Waals surface area contributed by atoms with Crippen LogP contribution in [0.15, 0.2) is 48.5 Å². The number of alkyl halides is 3. The summed E-state index contributed by atoms with van der Waals surface area (Å²) in [5.74, 6) is -0.368. The van der Waals surface area contributed by atoms with Crippen LogP contribution in [-0.4, -0.2) is 34.1 Å². The lowest BCUT2D eigenvalue weighted by atomic mass is 9.92. The third-order valence-corrected chi connectivity index (χ3v) is 6.80. The van der Waals surface area contributed by atoms with Gasteiger partial charge in [0, 0.05) is 42.1 Å². The molecule has 0 saturated carbocycles. The largest absolute Gasteiger partial charge is 0.416 e. The highest BCUT2D eigenvalue weighted by Crippen LogP contribution is 2.39. The molecule has 2 aromatic carbocycles. The zero-order valence-electron chi connectivity index (χ0n) is 17.6. The van der Waals surface area contributed by atoms with Crippen LogP contribution in [0.5, 0.6) is 0 Å². The fourth-order valence-electron chi connectivity index (χ4n) is 3.74. The number of carbonyl (C=O) groups excluding carboxylic acids is 1. The number of hydrogen-bond donors (Lipinski definition) is 2. The number of urea groups is 1. The second-order valence-electron chi connectivity index (χ2n) is 7.96. The summed E-state index contributed by atoms with van der Waals surface area (Å²) in [5, 5.41) is 14.3. The Balaban J connectivity index is 1.41. The van der Waals surface area contributed by atoms with Gasteiger partial charge >= 0.3 is 12.2 Å². The minimum Gasteiger partial charge on any atom is -0.383 e. The van der Waals surface area contributed by atoms with Gasteiger partial charge in [-0.1, -0.05) is 12.1 Å². The van der Waals surface area contributed by atoms with Gasteiger partial charge in [-0.3, -0.25) is 0 Å². The molecule has 2 N–H and O–H groups in total. The number of carbonyl (C=O) groups is 1. The number of halogens is 4. The SMILES string of the molecule is Cc1sc(C2(O)CCN(C(=O)Nc3ccc(C(F)(F)F)cc3)CC2)nc1-c1cccc(F)c1. The third-order valence-electron chi connectivity index (χ3n) is 5.63. The molecule has 0 spiro atoms. The van der Waals surface area contributed by atoms with Crippen molar-refractivity contribution in [2.45, 2.75) is 31.5 Å². The number of amides is 2. The van der Waals surface area contributed by atoms with Crippen molar-refractivity contribution >= 4 is 23.1 Å². The van der Waals surface area contributed by atoms with Crippen LogP contribution in [0, 0.1) is 12.7 Å². The van der Waals surface area contributed by atoms with Crippen molar-refractivity contribution in [2.75, 3.05) is 18.4 Å². The Morgan fingerprint density at radius 2 is 1.82 bits per heavy atom. The highest BCUT2D eigenvalue weighted by Gasteiger charge is 2.38. The van der Waals surface area contributed by atoms with Crippen molar-refractivity contribution in [3.63, 3.8) is 0 Å². The molecule has 1 aromatic heterocycles. The van der Waals surface area contributed by atoms with Gasteiger partial charge in [-0.15, -0.1) is 11.3 Å². The minimum absolute atomic E-state index is 0.247. The van der Waals surface area contributed by atoms with Crippen molar-refractivity contribution in [3.8, 4) is 11.3 Å². The topological polar surface area (TPSA) is 65.5 Å². The van der Waals surface area contributed by atoms with E-state index in [1.54, 1.807) is 12.1 Å². The summed E-state index contributed by atoms with van der Waals surface area (Å²) in [6, 6.07) is 9.87. The van der Waals surface area contributed by atoms with Gasteiger partial charge in [0.05, 0.1) is 11.3 Å². The van der Waals surface area contributed by atoms with Crippen LogP contribution in [0.4, 0.5) is 28.0 Å². The Morgan fingerprint density at radius 1 is 1.15 bits per heavy atom. The van der Waals surface area contributed by atoms with E-state index in [0.717, 1.165) is 17.0 Å². The molecule has 1 saturated heterocycles. The summed E-state index contributed by atoms with van der Waals surface area (Å²) in [4.78, 5) is 19.5. The molecular weight excluding hydrogens is 458 g/mol. The van der Waals surface area contributed by atoms with Crippen molar-refractivity contribution in [1.29, 1.82) is 0 Å². The van der Waals surface area contributed by atoms with E-state index in [2.05, 4.69) is 10.3 Å². The van der Waals surface area contributed by atoms with E-state index in [1.807, 2.05) is 6.92 Å². The van der Waals surface area contributed by atoms with E-state index in [0.29, 0.717) is 16.3 Å². The number of thiazole rings is 1. The first-order valence-corrected chi connectivity index (χ1v) is 11.1. The lowest BCUT2D eigenvalue weighted by Crippen LogP contribution is -2.46. The standard InChI is InChI=1S/C23H21F4N3O2S/c1-14-19(15-3-2-4-17(24)13-15)29-20(33-14)22(32)9-11-30(12-10-22)21(31)28-18-7-5-16(6-8-18)23(25,26)27/h2-8,13,32H,9-12H2,1H3,(H,28,31). The number of hydrogen-bond acceptors (Lipinski definition) is 4. The van der Waals surface area contributed by atoms with E-state index in [-0.39, 0.29) is 37.4 Å². The van der Waals surface area contributed by atoms with E-state index >= 15 is 0 Å². The number of piperidine rings is 1. The maximum Gasteiger partial charge on any atom is 0.416 e. The molecule has 0 aliphatic carbocycles. The number of likely N-dealkylation sites (tertiary alicyclic amines) is 1. The lowest BCUT2D eigenvalue weighted by molar-refractivity contribution is -0.137. The maximum atomic E-state index is 13.6. The smallest absolute Gasteiger partial charge is 0.383 e. The van der Waals surface area contributed by atoms with Crippen LogP contribution in [0.3, 0.4) is 0 Å². The monoisotopic (exact) mass is 479 g/mol. The quantitative estimate of drug-likeness (QED) is 0.467. The zero-order valence-corrected chi connectivity index (χ0v) is 18.4. The Bertz CT molecular complexity index is 1150. The summed E-state index contributed by atoms with van der Waals surface area (Å²) in [6.07, 6.45) is -3.94. The molecule has 2 heterocycles. The highest BCUT2D eigenvalue weighted by atomic mass is 32.1. The molecule has 33 heavy (non-hydrogen) atoms. The molecule has 3 aromatic rings. The number of aliphatic hydroxyl groups is 1. The van der Waals surface area contributed by atoms with Gasteiger partial charge in [-0.05, 0) is 43.3 Å². The summed E-state index contributed by atoms with van der Waals surface area (Å²) < 4.78 is 51.7. The molecule has 10 heteroatoms. The minimum atomic E-state index is -4.44. The third kappa shape index (κ3) is 5.01. The highest BCUT2D eigenvalue weighted by molar-refractivity contribution is 7.12. The van der Waals surface area contributed by atoms with Crippen LogP contribution in [-0.2, 0) is 11.8 Å². The molecule has 5 nitrogen and oxygen atoms in total. The molecule has 4 rings (SSSR count). The molecule has 0 bridgehead atoms. The van der Waals surface area contributed by atoms with Gasteiger partial charge in [0.2, 0.25) is 0 Å². The molecule has 1 aliphatic heterocycles. The van der Waals surface area contributed by atoms with Crippen molar-refractivity contribution in [3.05, 3.63) is 69.8 Å². The summed E-state index contributed by atoms with van der Waals surface area (Å²) in [7, 11) is 0. The Morgan fingerprint density at radius 3 is 2.42 bits per heavy atom. The van der Waals surface area contributed by atoms with E-state index in [4.69, 9.17) is 0 Å². The average molecular weight is 479 g/mol. The number of aromatic nitrogens is 1. The molecule has 0 radical (unpaired) electrons. The van der Waals surface area contributed by atoms with Crippen LogP contribution in [0.1, 0.15) is 28.3 Å². The summed E-state index contributed by atoms with van der Waals surface area (Å²) in [6.45, 7) is 2.35. The van der Waals surface area contributed by atoms with Crippen LogP contribution < -0.4 is 5.32 Å². The zero-order chi connectivity index (χ0) is 23.8. The number of nitrogens with zero attached hydrogens (tertiary/aromatic N) is 2. The molecule has 1 aliphatic rings. The van der Waals surface area contributed by atoms with Crippen LogP contribution >= 0.6 is 11.3 Å². The second kappa shape index (κ2) is 8.75. The Kier molecular flexibility index (Phi) is 6.15. The molecule has 0 unspecified atom stereocenters. The lowest BCUT2D eigenvalue weighted by Gasteiger charge is -2.36. The molecule has 2 amide bonds. The maximum absolute atomic E-state index is 13.6. The van der Waals surface area contributed by atoms with Gasteiger partial charge in [0.15, 0.2) is 0 Å². The predicted octanol–water partition coefficient (Wildman–Crippen LogP) is 5.79. The van der Waals surface area contributed by atoms with Crippen LogP contribution in [0.25, 0.3) is 11.3 Å². The Hall–Kier alpha value is -2.98. The van der Waals surface area contributed by atoms with Crippen molar-refractivity contribution < 1.29 is 27.5 Å². The normalized spacial score (nSPS) is 16.0. The van der Waals surface area contributed by atoms with E-state index in [1.165, 1.54) is 40.5 Å². The number of nitrogens with one attached hydrogen (secondary N) is 1. The molecule has 174 valence electrons. The number of anilines is 1. The van der Waals surface area contributed by atoms with Crippen molar-refractivity contribution in [2.24, 2.45) is 0 Å². The fourth-order valence-corrected chi connectivity index (χ4v) is 4.82. The van der Waals surface area contributed by atoms with Gasteiger partial charge in [-0.2, -0.15) is 13.2 Å². The van der Waals surface area contributed by atoms with E-state index in [9.17, 15) is 27.5 Å². The first-order valence-electron chi connectivity index (χ1n) is 10.2. The van der Waals surface area contributed by atoms with Gasteiger partial charge in [0.1, 0.15) is 16.4 Å². The summed E-state index contributed by atoms with van der Waals surface area (Å²) in [5.41, 5.74) is -0.507. The van der Waals surface area contributed by atoms with Crippen molar-refractivity contribution in [1.82, 2.24) is 9.88 Å². The second-order valence-corrected chi connectivity index (χ2v) is 9.16. The number of benzene rings is 2. The summed E-state index contributed by atoms with van der Waals surface area (Å²) >= 11 is 1.34. The van der Waals surface area contributed by atoms with Gasteiger partial charge < -0.3 is 15.3 Å². The molecule has 1 fully saturated rings. The molecular formula is C23H21F4N3O2S. The number of rotatable bonds is 3. The fraction of sp³-hybridized carbons (Fsp3) is 0.304. The first-order chi connectivity index (χ1) is 15.5. The average Bonchev–Trinajstić information content (AvgIpc) is 3.16. The Labute approximate surface area is 191 Å². The molecule has 0 atom stereocenters. The van der Waals surface area contributed by atoms with Gasteiger partial charge in [-0.25, -0.2) is 14.2 Å². The van der Waals surface area contributed by atoms with Gasteiger partial charge in [0.25, 0.3) is 0 Å². The van der Waals surface area contributed by atoms with E-state index < -0.39 is 23.4 Å². The van der Waals surface area contributed by atoms with Crippen LogP contribution in [0.2, 0.25) is 0 Å². The first kappa shape index (κ1) is 23.2. The predicted molar refractivity (Wildman–Crippen MR) is 117 cm³/mol.